The predicted octanol–water partition coefficient (Wildman–Crippen LogP) is 0.881. The topological polar surface area (TPSA) is 88.1 Å². The van der Waals surface area contributed by atoms with E-state index in [0.717, 1.165) is 5.75 Å². The summed E-state index contributed by atoms with van der Waals surface area (Å²) in [4.78, 5) is 13.9. The maximum absolute atomic E-state index is 11.9. The van der Waals surface area contributed by atoms with Gasteiger partial charge < -0.3 is 10.2 Å². The van der Waals surface area contributed by atoms with Crippen molar-refractivity contribution in [2.75, 3.05) is 41.1 Å². The van der Waals surface area contributed by atoms with Crippen LogP contribution in [-0.2, 0) is 9.84 Å². The average molecular weight is 338 g/mol. The SMILES string of the molecule is CCNc1nc(Cl)nc(N2CCSCC2S(C)(=O)=O)n1. The van der Waals surface area contributed by atoms with Crippen molar-refractivity contribution in [1.82, 2.24) is 15.0 Å². The van der Waals surface area contributed by atoms with Crippen LogP contribution in [0.2, 0.25) is 5.28 Å². The number of thioether (sulfide) groups is 1. The van der Waals surface area contributed by atoms with Crippen molar-refractivity contribution in [3.05, 3.63) is 5.28 Å². The summed E-state index contributed by atoms with van der Waals surface area (Å²) in [6.07, 6.45) is 1.23. The molecular weight excluding hydrogens is 322 g/mol. The normalized spacial score (nSPS) is 19.9. The number of hydrogen-bond acceptors (Lipinski definition) is 8. The van der Waals surface area contributed by atoms with Gasteiger partial charge in [0.2, 0.25) is 17.2 Å². The maximum Gasteiger partial charge on any atom is 0.232 e. The van der Waals surface area contributed by atoms with Crippen LogP contribution in [0.4, 0.5) is 11.9 Å². The highest BCUT2D eigenvalue weighted by Crippen LogP contribution is 2.25. The molecule has 0 aromatic carbocycles. The zero-order valence-corrected chi connectivity index (χ0v) is 13.6. The lowest BCUT2D eigenvalue weighted by Gasteiger charge is -2.33. The second-order valence-electron chi connectivity index (χ2n) is 4.31. The van der Waals surface area contributed by atoms with Gasteiger partial charge in [-0.05, 0) is 18.5 Å². The molecule has 0 saturated carbocycles. The predicted molar refractivity (Wildman–Crippen MR) is 82.3 cm³/mol. The first-order valence-corrected chi connectivity index (χ1v) is 9.59. The molecule has 1 atom stereocenters. The molecule has 20 heavy (non-hydrogen) atoms. The van der Waals surface area contributed by atoms with Crippen molar-refractivity contribution >= 4 is 45.1 Å². The third-order valence-corrected chi connectivity index (χ3v) is 5.58. The summed E-state index contributed by atoms with van der Waals surface area (Å²) in [5.41, 5.74) is 0. The number of sulfone groups is 1. The molecule has 2 rings (SSSR count). The van der Waals surface area contributed by atoms with Crippen LogP contribution < -0.4 is 10.2 Å². The van der Waals surface area contributed by atoms with E-state index in [9.17, 15) is 8.42 Å². The molecule has 112 valence electrons. The molecule has 1 aromatic heterocycles. The van der Waals surface area contributed by atoms with E-state index in [2.05, 4.69) is 20.3 Å². The number of hydrogen-bond donors (Lipinski definition) is 1. The monoisotopic (exact) mass is 337 g/mol. The Kier molecular flexibility index (Phi) is 4.92. The van der Waals surface area contributed by atoms with E-state index in [-0.39, 0.29) is 5.28 Å². The summed E-state index contributed by atoms with van der Waals surface area (Å²) >= 11 is 7.49. The minimum Gasteiger partial charge on any atom is -0.354 e. The molecule has 1 unspecified atom stereocenters. The lowest BCUT2D eigenvalue weighted by Crippen LogP contribution is -2.47. The molecule has 0 spiro atoms. The van der Waals surface area contributed by atoms with Gasteiger partial charge in [0.25, 0.3) is 0 Å². The molecule has 1 N–H and O–H groups in total. The van der Waals surface area contributed by atoms with Crippen molar-refractivity contribution < 1.29 is 8.42 Å². The van der Waals surface area contributed by atoms with Gasteiger partial charge in [-0.15, -0.1) is 0 Å². The fourth-order valence-electron chi connectivity index (χ4n) is 1.87. The third-order valence-electron chi connectivity index (χ3n) is 2.77. The molecule has 1 aromatic rings. The van der Waals surface area contributed by atoms with Crippen LogP contribution in [0.25, 0.3) is 0 Å². The largest absolute Gasteiger partial charge is 0.354 e. The van der Waals surface area contributed by atoms with E-state index in [4.69, 9.17) is 11.6 Å². The Labute approximate surface area is 127 Å². The van der Waals surface area contributed by atoms with E-state index < -0.39 is 15.2 Å². The van der Waals surface area contributed by atoms with Crippen molar-refractivity contribution in [2.24, 2.45) is 0 Å². The molecule has 0 radical (unpaired) electrons. The van der Waals surface area contributed by atoms with E-state index in [1.54, 1.807) is 16.7 Å². The van der Waals surface area contributed by atoms with Crippen LogP contribution >= 0.6 is 23.4 Å². The smallest absolute Gasteiger partial charge is 0.232 e. The number of anilines is 2. The van der Waals surface area contributed by atoms with Gasteiger partial charge in [-0.2, -0.15) is 26.7 Å². The van der Waals surface area contributed by atoms with Crippen LogP contribution in [0.15, 0.2) is 0 Å². The molecule has 2 heterocycles. The summed E-state index contributed by atoms with van der Waals surface area (Å²) < 4.78 is 23.8. The van der Waals surface area contributed by atoms with Gasteiger partial charge in [0, 0.05) is 30.9 Å². The van der Waals surface area contributed by atoms with E-state index in [1.807, 2.05) is 6.92 Å². The summed E-state index contributed by atoms with van der Waals surface area (Å²) in [5, 5.41) is 2.38. The Morgan fingerprint density at radius 2 is 2.20 bits per heavy atom. The fraction of sp³-hybridized carbons (Fsp3) is 0.700. The molecule has 0 amide bonds. The quantitative estimate of drug-likeness (QED) is 0.866. The number of nitrogens with zero attached hydrogens (tertiary/aromatic N) is 4. The maximum atomic E-state index is 11.9. The standard InChI is InChI=1S/C10H16ClN5O2S2/c1-3-12-9-13-8(11)14-10(15-9)16-4-5-19-6-7(16)20(2,17)18/h7H,3-6H2,1-2H3,(H,12,13,14,15). The van der Waals surface area contributed by atoms with Crippen LogP contribution in [0.3, 0.4) is 0 Å². The molecule has 1 aliphatic rings. The Balaban J connectivity index is 2.37. The van der Waals surface area contributed by atoms with Gasteiger partial charge in [-0.3, -0.25) is 0 Å². The minimum absolute atomic E-state index is 0.0522. The first kappa shape index (κ1) is 15.6. The summed E-state index contributed by atoms with van der Waals surface area (Å²) in [7, 11) is -3.22. The second-order valence-corrected chi connectivity index (χ2v) is 8.00. The van der Waals surface area contributed by atoms with E-state index >= 15 is 0 Å². The molecule has 7 nitrogen and oxygen atoms in total. The number of nitrogens with one attached hydrogen (secondary N) is 1. The average Bonchev–Trinajstić information content (AvgIpc) is 2.37. The Morgan fingerprint density at radius 1 is 1.45 bits per heavy atom. The molecular formula is C10H16ClN5O2S2. The molecule has 1 saturated heterocycles. The van der Waals surface area contributed by atoms with Gasteiger partial charge in [0.05, 0.1) is 0 Å². The van der Waals surface area contributed by atoms with Crippen LogP contribution in [0.1, 0.15) is 6.92 Å². The lowest BCUT2D eigenvalue weighted by molar-refractivity contribution is 0.582. The number of aromatic nitrogens is 3. The van der Waals surface area contributed by atoms with Crippen LogP contribution in [0.5, 0.6) is 0 Å². The summed E-state index contributed by atoms with van der Waals surface area (Å²) in [6, 6.07) is 0. The minimum atomic E-state index is -3.22. The molecule has 10 heteroatoms. The van der Waals surface area contributed by atoms with Gasteiger partial charge in [-0.1, -0.05) is 0 Å². The second kappa shape index (κ2) is 6.31. The zero-order chi connectivity index (χ0) is 14.8. The van der Waals surface area contributed by atoms with Crippen molar-refractivity contribution in [3.8, 4) is 0 Å². The van der Waals surface area contributed by atoms with Crippen molar-refractivity contribution in [1.29, 1.82) is 0 Å². The number of rotatable bonds is 4. The van der Waals surface area contributed by atoms with Gasteiger partial charge in [0.15, 0.2) is 9.84 Å². The highest BCUT2D eigenvalue weighted by Gasteiger charge is 2.33. The van der Waals surface area contributed by atoms with Crippen LogP contribution in [0, 0.1) is 0 Å². The van der Waals surface area contributed by atoms with Gasteiger partial charge in [0.1, 0.15) is 5.37 Å². The summed E-state index contributed by atoms with van der Waals surface area (Å²) in [6.45, 7) is 3.12. The highest BCUT2D eigenvalue weighted by atomic mass is 35.5. The van der Waals surface area contributed by atoms with Gasteiger partial charge in [-0.25, -0.2) is 8.42 Å². The highest BCUT2D eigenvalue weighted by molar-refractivity contribution is 8.01. The molecule has 0 bridgehead atoms. The first-order valence-electron chi connectivity index (χ1n) is 6.10. The molecule has 1 fully saturated rings. The summed E-state index contributed by atoms with van der Waals surface area (Å²) in [5.74, 6) is 1.98. The molecule has 1 aliphatic heterocycles. The van der Waals surface area contributed by atoms with E-state index in [1.165, 1.54) is 6.26 Å². The Bertz CT molecular complexity index is 583. The first-order chi connectivity index (χ1) is 9.41. The van der Waals surface area contributed by atoms with Crippen molar-refractivity contribution in [3.63, 3.8) is 0 Å². The third kappa shape index (κ3) is 3.64. The lowest BCUT2D eigenvalue weighted by atomic mass is 10.5. The van der Waals surface area contributed by atoms with E-state index in [0.29, 0.717) is 30.7 Å². The fourth-order valence-corrected chi connectivity index (χ4v) is 4.84. The van der Waals surface area contributed by atoms with Crippen molar-refractivity contribution in [2.45, 2.75) is 12.3 Å². The van der Waals surface area contributed by atoms with Gasteiger partial charge >= 0.3 is 0 Å². The molecule has 0 aliphatic carbocycles. The Morgan fingerprint density at radius 3 is 2.85 bits per heavy atom. The number of halogens is 1. The Hall–Kier alpha value is -0.800. The van der Waals surface area contributed by atoms with Crippen LogP contribution in [-0.4, -0.2) is 59.6 Å². The zero-order valence-electron chi connectivity index (χ0n) is 11.2.